The summed E-state index contributed by atoms with van der Waals surface area (Å²) in [6.07, 6.45) is 2.24. The van der Waals surface area contributed by atoms with Gasteiger partial charge in [0.2, 0.25) is 5.95 Å². The number of hydrogen-bond donors (Lipinski definition) is 3. The first-order chi connectivity index (χ1) is 5.86. The molecule has 1 aromatic heterocycles. The van der Waals surface area contributed by atoms with Gasteiger partial charge in [-0.15, -0.1) is 17.5 Å². The fourth-order valence-electron chi connectivity index (χ4n) is 1.57. The standard InChI is InChI=1S/C7H13N5.ClH/c8-7-10-6(11-12-7)5-1-3-9-4-2-5;/h5,9H,1-4H2,(H3,8,10,11,12);1H. The molecule has 74 valence electrons. The number of H-pyrrole nitrogens is 1. The predicted octanol–water partition coefficient (Wildman–Crippen LogP) is 0.276. The zero-order valence-electron chi connectivity index (χ0n) is 7.29. The Morgan fingerprint density at radius 3 is 2.54 bits per heavy atom. The van der Waals surface area contributed by atoms with Crippen LogP contribution in [0.5, 0.6) is 0 Å². The maximum Gasteiger partial charge on any atom is 0.239 e. The second-order valence-corrected chi connectivity index (χ2v) is 3.10. The van der Waals surface area contributed by atoms with E-state index in [1.54, 1.807) is 0 Å². The van der Waals surface area contributed by atoms with Gasteiger partial charge in [0.05, 0.1) is 0 Å². The van der Waals surface area contributed by atoms with Gasteiger partial charge < -0.3 is 11.1 Å². The lowest BCUT2D eigenvalue weighted by Gasteiger charge is -2.19. The summed E-state index contributed by atoms with van der Waals surface area (Å²) >= 11 is 0. The molecular formula is C7H14ClN5. The molecule has 1 saturated heterocycles. The monoisotopic (exact) mass is 203 g/mol. The Hall–Kier alpha value is -0.810. The van der Waals surface area contributed by atoms with Crippen molar-refractivity contribution in [3.63, 3.8) is 0 Å². The summed E-state index contributed by atoms with van der Waals surface area (Å²) in [5.74, 6) is 1.80. The van der Waals surface area contributed by atoms with E-state index in [1.165, 1.54) is 0 Å². The lowest BCUT2D eigenvalue weighted by Crippen LogP contribution is -2.27. The third-order valence-electron chi connectivity index (χ3n) is 2.25. The largest absolute Gasteiger partial charge is 0.367 e. The Bertz CT molecular complexity index is 255. The zero-order chi connectivity index (χ0) is 8.39. The van der Waals surface area contributed by atoms with E-state index < -0.39 is 0 Å². The van der Waals surface area contributed by atoms with Crippen LogP contribution in [0.1, 0.15) is 24.6 Å². The van der Waals surface area contributed by atoms with Crippen LogP contribution in [-0.4, -0.2) is 28.3 Å². The molecule has 4 N–H and O–H groups in total. The second-order valence-electron chi connectivity index (χ2n) is 3.10. The highest BCUT2D eigenvalue weighted by Crippen LogP contribution is 2.21. The van der Waals surface area contributed by atoms with Crippen molar-refractivity contribution in [2.75, 3.05) is 18.8 Å². The highest BCUT2D eigenvalue weighted by atomic mass is 35.5. The van der Waals surface area contributed by atoms with Gasteiger partial charge in [0.15, 0.2) is 0 Å². The lowest BCUT2D eigenvalue weighted by atomic mass is 9.98. The van der Waals surface area contributed by atoms with Crippen molar-refractivity contribution in [3.05, 3.63) is 5.82 Å². The number of hydrogen-bond acceptors (Lipinski definition) is 4. The van der Waals surface area contributed by atoms with E-state index in [1.807, 2.05) is 0 Å². The van der Waals surface area contributed by atoms with Crippen molar-refractivity contribution in [3.8, 4) is 0 Å². The lowest BCUT2D eigenvalue weighted by molar-refractivity contribution is 0.446. The maximum atomic E-state index is 5.42. The van der Waals surface area contributed by atoms with Crippen molar-refractivity contribution >= 4 is 18.4 Å². The third-order valence-corrected chi connectivity index (χ3v) is 2.25. The fraction of sp³-hybridized carbons (Fsp3) is 0.714. The van der Waals surface area contributed by atoms with Crippen LogP contribution in [0.15, 0.2) is 0 Å². The fourth-order valence-corrected chi connectivity index (χ4v) is 1.57. The first-order valence-corrected chi connectivity index (χ1v) is 4.25. The van der Waals surface area contributed by atoms with Crippen molar-refractivity contribution in [2.24, 2.45) is 0 Å². The van der Waals surface area contributed by atoms with E-state index in [4.69, 9.17) is 5.73 Å². The van der Waals surface area contributed by atoms with Crippen molar-refractivity contribution in [1.82, 2.24) is 20.5 Å². The number of nitrogens with one attached hydrogen (secondary N) is 2. The smallest absolute Gasteiger partial charge is 0.239 e. The van der Waals surface area contributed by atoms with Crippen LogP contribution in [0.25, 0.3) is 0 Å². The molecule has 0 unspecified atom stereocenters. The minimum Gasteiger partial charge on any atom is -0.367 e. The van der Waals surface area contributed by atoms with Gasteiger partial charge in [-0.25, -0.2) is 0 Å². The second kappa shape index (κ2) is 4.43. The number of halogens is 1. The normalized spacial score (nSPS) is 18.2. The molecule has 0 aromatic carbocycles. The van der Waals surface area contributed by atoms with Gasteiger partial charge in [-0.3, -0.25) is 5.10 Å². The SMILES string of the molecule is Cl.Nc1n[nH]c(C2CCNCC2)n1. The summed E-state index contributed by atoms with van der Waals surface area (Å²) in [6, 6.07) is 0. The van der Waals surface area contributed by atoms with Crippen LogP contribution in [0.3, 0.4) is 0 Å². The van der Waals surface area contributed by atoms with Crippen LogP contribution >= 0.6 is 12.4 Å². The number of aromatic nitrogens is 3. The van der Waals surface area contributed by atoms with Crippen molar-refractivity contribution in [1.29, 1.82) is 0 Å². The summed E-state index contributed by atoms with van der Waals surface area (Å²) in [4.78, 5) is 4.12. The molecule has 1 aromatic rings. The van der Waals surface area contributed by atoms with Gasteiger partial charge in [-0.1, -0.05) is 0 Å². The number of nitrogens with two attached hydrogens (primary N) is 1. The van der Waals surface area contributed by atoms with Crippen LogP contribution in [0.4, 0.5) is 5.95 Å². The van der Waals surface area contributed by atoms with E-state index in [0.717, 1.165) is 31.8 Å². The molecule has 1 aliphatic heterocycles. The molecular weight excluding hydrogens is 190 g/mol. The molecule has 0 amide bonds. The summed E-state index contributed by atoms with van der Waals surface area (Å²) in [5.41, 5.74) is 5.42. The molecule has 0 bridgehead atoms. The van der Waals surface area contributed by atoms with Crippen LogP contribution < -0.4 is 11.1 Å². The van der Waals surface area contributed by atoms with Crippen LogP contribution in [0, 0.1) is 0 Å². The van der Waals surface area contributed by atoms with Gasteiger partial charge in [-0.2, -0.15) is 4.98 Å². The molecule has 6 heteroatoms. The van der Waals surface area contributed by atoms with Crippen LogP contribution in [0.2, 0.25) is 0 Å². The molecule has 2 heterocycles. The molecule has 13 heavy (non-hydrogen) atoms. The Morgan fingerprint density at radius 2 is 2.00 bits per heavy atom. The van der Waals surface area contributed by atoms with Crippen molar-refractivity contribution < 1.29 is 0 Å². The average molecular weight is 204 g/mol. The van der Waals surface area contributed by atoms with E-state index in [-0.39, 0.29) is 12.4 Å². The molecule has 0 saturated carbocycles. The predicted molar refractivity (Wildman–Crippen MR) is 52.9 cm³/mol. The highest BCUT2D eigenvalue weighted by molar-refractivity contribution is 5.85. The summed E-state index contributed by atoms with van der Waals surface area (Å²) < 4.78 is 0. The molecule has 2 rings (SSSR count). The van der Waals surface area contributed by atoms with Gasteiger partial charge in [0.25, 0.3) is 0 Å². The molecule has 0 aliphatic carbocycles. The highest BCUT2D eigenvalue weighted by Gasteiger charge is 2.17. The molecule has 5 nitrogen and oxygen atoms in total. The number of rotatable bonds is 1. The van der Waals surface area contributed by atoms with E-state index >= 15 is 0 Å². The summed E-state index contributed by atoms with van der Waals surface area (Å²) in [7, 11) is 0. The number of nitrogens with zero attached hydrogens (tertiary/aromatic N) is 2. The minimum absolute atomic E-state index is 0. The molecule has 0 radical (unpaired) electrons. The minimum atomic E-state index is 0. The number of anilines is 1. The molecule has 1 fully saturated rings. The number of aromatic amines is 1. The van der Waals surface area contributed by atoms with Gasteiger partial charge in [-0.05, 0) is 25.9 Å². The topological polar surface area (TPSA) is 79.6 Å². The quantitative estimate of drug-likeness (QED) is 0.613. The Labute approximate surface area is 82.9 Å². The third kappa shape index (κ3) is 2.32. The first kappa shape index (κ1) is 10.3. The number of nitrogen functional groups attached to an aromatic ring is 1. The summed E-state index contributed by atoms with van der Waals surface area (Å²) in [5, 5.41) is 9.97. The molecule has 0 spiro atoms. The zero-order valence-corrected chi connectivity index (χ0v) is 8.10. The van der Waals surface area contributed by atoms with E-state index in [9.17, 15) is 0 Å². The van der Waals surface area contributed by atoms with Gasteiger partial charge >= 0.3 is 0 Å². The van der Waals surface area contributed by atoms with E-state index in [2.05, 4.69) is 20.5 Å². The Kier molecular flexibility index (Phi) is 3.50. The van der Waals surface area contributed by atoms with Gasteiger partial charge in [0, 0.05) is 5.92 Å². The van der Waals surface area contributed by atoms with E-state index in [0.29, 0.717) is 11.9 Å². The molecule has 1 aliphatic rings. The van der Waals surface area contributed by atoms with Crippen LogP contribution in [-0.2, 0) is 0 Å². The summed E-state index contributed by atoms with van der Waals surface area (Å²) in [6.45, 7) is 2.12. The number of piperidine rings is 1. The average Bonchev–Trinajstić information content (AvgIpc) is 2.54. The van der Waals surface area contributed by atoms with Gasteiger partial charge in [0.1, 0.15) is 5.82 Å². The maximum absolute atomic E-state index is 5.42. The Balaban J connectivity index is 0.000000845. The Morgan fingerprint density at radius 1 is 1.31 bits per heavy atom. The van der Waals surface area contributed by atoms with Crippen molar-refractivity contribution in [2.45, 2.75) is 18.8 Å². The first-order valence-electron chi connectivity index (χ1n) is 4.25. The molecule has 0 atom stereocenters.